The number of rotatable bonds is 13. The summed E-state index contributed by atoms with van der Waals surface area (Å²) in [5, 5.41) is 9.29. The zero-order chi connectivity index (χ0) is 33.2. The number of ether oxygens (including phenoxy) is 5. The van der Waals surface area contributed by atoms with Crippen LogP contribution in [0.4, 0.5) is 9.18 Å². The predicted molar refractivity (Wildman–Crippen MR) is 169 cm³/mol. The van der Waals surface area contributed by atoms with Crippen molar-refractivity contribution in [1.82, 2.24) is 16.1 Å². The number of halogens is 2. The molecule has 12 nitrogen and oxygen atoms in total. The molecule has 0 radical (unpaired) electrons. The Balaban J connectivity index is 1.37. The van der Waals surface area contributed by atoms with E-state index < -0.39 is 23.9 Å². The number of nitrogens with zero attached hydrogens (tertiary/aromatic N) is 1. The van der Waals surface area contributed by atoms with Gasteiger partial charge in [-0.2, -0.15) is 5.10 Å². The summed E-state index contributed by atoms with van der Waals surface area (Å²) >= 11 is 3.46. The monoisotopic (exact) mass is 698 g/mol. The van der Waals surface area contributed by atoms with Crippen molar-refractivity contribution in [1.29, 1.82) is 0 Å². The molecule has 14 heteroatoms. The fraction of sp³-hybridized carbons (Fsp3) is 0.250. The van der Waals surface area contributed by atoms with Gasteiger partial charge in [-0.25, -0.2) is 19.4 Å². The third kappa shape index (κ3) is 8.53. The van der Waals surface area contributed by atoms with Crippen LogP contribution < -0.4 is 35.0 Å². The molecule has 0 aliphatic carbocycles. The maximum atomic E-state index is 13.5. The van der Waals surface area contributed by atoms with E-state index in [2.05, 4.69) is 37.1 Å². The van der Waals surface area contributed by atoms with Crippen molar-refractivity contribution in [3.05, 3.63) is 92.8 Å². The minimum atomic E-state index is -0.791. The Bertz CT molecular complexity index is 1680. The minimum absolute atomic E-state index is 0.129. The van der Waals surface area contributed by atoms with Gasteiger partial charge in [0, 0.05) is 5.70 Å². The third-order valence-corrected chi connectivity index (χ3v) is 7.16. The number of nitrogens with one attached hydrogen (secondary N) is 3. The fourth-order valence-electron chi connectivity index (χ4n) is 4.50. The Labute approximate surface area is 273 Å². The summed E-state index contributed by atoms with van der Waals surface area (Å²) in [5.41, 5.74) is 4.82. The maximum absolute atomic E-state index is 13.5. The molecule has 0 fully saturated rings. The normalized spacial score (nSPS) is 14.3. The second-order valence-corrected chi connectivity index (χ2v) is 10.6. The first kappa shape index (κ1) is 33.8. The van der Waals surface area contributed by atoms with Crippen LogP contribution in [0.25, 0.3) is 0 Å². The maximum Gasteiger partial charge on any atom is 0.338 e. The molecule has 4 rings (SSSR count). The molecule has 1 aliphatic heterocycles. The number of hydrazone groups is 1. The lowest BCUT2D eigenvalue weighted by Gasteiger charge is -2.28. The molecule has 1 heterocycles. The highest BCUT2D eigenvalue weighted by molar-refractivity contribution is 9.10. The molecule has 3 aromatic carbocycles. The average molecular weight is 700 g/mol. The lowest BCUT2D eigenvalue weighted by atomic mass is 9.95. The molecule has 0 bridgehead atoms. The summed E-state index contributed by atoms with van der Waals surface area (Å²) in [5.74, 6) is -0.104. The van der Waals surface area contributed by atoms with Gasteiger partial charge in [0.25, 0.3) is 5.91 Å². The number of amides is 3. The molecule has 1 atom stereocenters. The first-order valence-corrected chi connectivity index (χ1v) is 14.8. The molecule has 46 heavy (non-hydrogen) atoms. The van der Waals surface area contributed by atoms with Crippen LogP contribution in [0.15, 0.2) is 75.4 Å². The van der Waals surface area contributed by atoms with Crippen molar-refractivity contribution in [3.63, 3.8) is 0 Å². The van der Waals surface area contributed by atoms with Crippen LogP contribution in [0.1, 0.15) is 36.6 Å². The molecule has 0 aromatic heterocycles. The lowest BCUT2D eigenvalue weighted by Crippen LogP contribution is -2.45. The number of methoxy groups -OCH3 is 2. The van der Waals surface area contributed by atoms with E-state index in [0.717, 1.165) is 0 Å². The molecule has 0 saturated carbocycles. The number of benzene rings is 3. The molecule has 3 N–H and O–H groups in total. The van der Waals surface area contributed by atoms with E-state index in [9.17, 15) is 18.8 Å². The van der Waals surface area contributed by atoms with E-state index in [4.69, 9.17) is 23.7 Å². The van der Waals surface area contributed by atoms with E-state index in [1.807, 2.05) is 0 Å². The van der Waals surface area contributed by atoms with Gasteiger partial charge in [0.1, 0.15) is 12.4 Å². The minimum Gasteiger partial charge on any atom is -0.493 e. The number of hydrogen-bond acceptors (Lipinski definition) is 9. The average Bonchev–Trinajstić information content (AvgIpc) is 3.02. The van der Waals surface area contributed by atoms with Crippen LogP contribution in [-0.4, -0.2) is 51.6 Å². The van der Waals surface area contributed by atoms with Crippen molar-refractivity contribution in [2.45, 2.75) is 26.5 Å². The van der Waals surface area contributed by atoms with Crippen LogP contribution in [0.2, 0.25) is 0 Å². The number of carbonyl (C=O) groups excluding carboxylic acids is 3. The summed E-state index contributed by atoms with van der Waals surface area (Å²) in [6, 6.07) is 13.0. The van der Waals surface area contributed by atoms with E-state index in [-0.39, 0.29) is 42.7 Å². The second-order valence-electron chi connectivity index (χ2n) is 9.74. The van der Waals surface area contributed by atoms with E-state index >= 15 is 0 Å². The summed E-state index contributed by atoms with van der Waals surface area (Å²) in [6.45, 7) is 3.22. The van der Waals surface area contributed by atoms with Crippen LogP contribution in [0.5, 0.6) is 23.0 Å². The van der Waals surface area contributed by atoms with E-state index in [0.29, 0.717) is 38.4 Å². The molecular formula is C32H32BrFN4O8. The first-order valence-electron chi connectivity index (χ1n) is 14.0. The van der Waals surface area contributed by atoms with Crippen LogP contribution in [0.3, 0.4) is 0 Å². The fourth-order valence-corrected chi connectivity index (χ4v) is 5.07. The smallest absolute Gasteiger partial charge is 0.338 e. The number of hydrogen-bond donors (Lipinski definition) is 3. The highest BCUT2D eigenvalue weighted by Gasteiger charge is 2.32. The summed E-state index contributed by atoms with van der Waals surface area (Å²) < 4.78 is 41.6. The molecule has 0 spiro atoms. The zero-order valence-corrected chi connectivity index (χ0v) is 27.0. The number of carbonyl (C=O) groups is 3. The van der Waals surface area contributed by atoms with Gasteiger partial charge in [0.05, 0.1) is 43.1 Å². The van der Waals surface area contributed by atoms with Gasteiger partial charge in [-0.15, -0.1) is 0 Å². The molecule has 3 amide bonds. The van der Waals surface area contributed by atoms with Gasteiger partial charge >= 0.3 is 12.0 Å². The third-order valence-electron chi connectivity index (χ3n) is 6.57. The van der Waals surface area contributed by atoms with Crippen LogP contribution >= 0.6 is 15.9 Å². The van der Waals surface area contributed by atoms with Crippen molar-refractivity contribution in [2.75, 3.05) is 27.4 Å². The molecule has 3 aromatic rings. The second kappa shape index (κ2) is 15.8. The van der Waals surface area contributed by atoms with E-state index in [1.165, 1.54) is 32.6 Å². The Morgan fingerprint density at radius 2 is 1.83 bits per heavy atom. The van der Waals surface area contributed by atoms with E-state index in [1.54, 1.807) is 56.3 Å². The first-order chi connectivity index (χ1) is 22.1. The van der Waals surface area contributed by atoms with Gasteiger partial charge in [0.15, 0.2) is 29.6 Å². The molecule has 0 saturated heterocycles. The lowest BCUT2D eigenvalue weighted by molar-refractivity contribution is -0.139. The molecule has 242 valence electrons. The van der Waals surface area contributed by atoms with Gasteiger partial charge in [-0.05, 0) is 82.9 Å². The van der Waals surface area contributed by atoms with Gasteiger partial charge < -0.3 is 34.3 Å². The van der Waals surface area contributed by atoms with Crippen molar-refractivity contribution < 1.29 is 42.5 Å². The number of urea groups is 1. The van der Waals surface area contributed by atoms with Gasteiger partial charge in [0.2, 0.25) is 0 Å². The summed E-state index contributed by atoms with van der Waals surface area (Å²) in [7, 11) is 2.91. The predicted octanol–water partition coefficient (Wildman–Crippen LogP) is 4.90. The van der Waals surface area contributed by atoms with Gasteiger partial charge in [-0.1, -0.05) is 18.2 Å². The Hall–Kier alpha value is -5.11. The molecule has 0 unspecified atom stereocenters. The molecule has 1 aliphatic rings. The van der Waals surface area contributed by atoms with Gasteiger partial charge in [-0.3, -0.25) is 4.79 Å². The van der Waals surface area contributed by atoms with Crippen LogP contribution in [-0.2, 0) is 20.9 Å². The number of allylic oxidation sites excluding steroid dienone is 1. The Morgan fingerprint density at radius 1 is 1.04 bits per heavy atom. The quantitative estimate of drug-likeness (QED) is 0.130. The SMILES string of the molecule is CCOC(=O)C1=C(C)NC(=O)N[C@@H]1c1ccc(OCC(=O)N/N=C\c2cc(Br)c(OCc3cccc(F)c3)c(OC)c2)c(OC)c1. The molecular weight excluding hydrogens is 667 g/mol. The Kier molecular flexibility index (Phi) is 11.6. The standard InChI is InChI=1S/C32H32BrFN4O8/c1-5-44-31(40)28-18(2)36-32(41)37-29(28)21-9-10-24(25(14-21)42-3)45-17-27(39)38-35-15-20-12-23(33)30(26(13-20)43-4)46-16-19-7-6-8-22(34)11-19/h6-15,29H,5,16-17H2,1-4H3,(H,38,39)(H2,36,37,41)/b35-15-/t29-/m1/s1. The summed E-state index contributed by atoms with van der Waals surface area (Å²) in [4.78, 5) is 37.3. The highest BCUT2D eigenvalue weighted by atomic mass is 79.9. The number of esters is 1. The Morgan fingerprint density at radius 3 is 2.54 bits per heavy atom. The largest absolute Gasteiger partial charge is 0.493 e. The van der Waals surface area contributed by atoms with Crippen molar-refractivity contribution in [2.24, 2.45) is 5.10 Å². The van der Waals surface area contributed by atoms with Crippen LogP contribution in [0, 0.1) is 5.82 Å². The zero-order valence-electron chi connectivity index (χ0n) is 25.4. The highest BCUT2D eigenvalue weighted by Crippen LogP contribution is 2.37. The summed E-state index contributed by atoms with van der Waals surface area (Å²) in [6.07, 6.45) is 1.42. The van der Waals surface area contributed by atoms with Crippen molar-refractivity contribution >= 4 is 40.1 Å². The topological polar surface area (TPSA) is 146 Å². The van der Waals surface area contributed by atoms with Crippen molar-refractivity contribution in [3.8, 4) is 23.0 Å².